The van der Waals surface area contributed by atoms with Crippen LogP contribution >= 0.6 is 0 Å². The molecule has 0 spiro atoms. The van der Waals surface area contributed by atoms with Crippen molar-refractivity contribution in [3.05, 3.63) is 65.2 Å². The highest BCUT2D eigenvalue weighted by Gasteiger charge is 2.43. The molecule has 6 heteroatoms. The lowest BCUT2D eigenvalue weighted by molar-refractivity contribution is -0.126. The lowest BCUT2D eigenvalue weighted by Gasteiger charge is -2.29. The van der Waals surface area contributed by atoms with Crippen molar-refractivity contribution < 1.29 is 19.1 Å². The van der Waals surface area contributed by atoms with E-state index in [0.717, 1.165) is 16.2 Å². The number of hydrogen-bond acceptors (Lipinski definition) is 4. The van der Waals surface area contributed by atoms with Crippen molar-refractivity contribution in [3.8, 4) is 5.75 Å². The van der Waals surface area contributed by atoms with Crippen LogP contribution < -0.4 is 10.1 Å². The van der Waals surface area contributed by atoms with Gasteiger partial charge in [0, 0.05) is 0 Å². The molecule has 1 N–H and O–H groups in total. The van der Waals surface area contributed by atoms with Crippen LogP contribution in [0.3, 0.4) is 0 Å². The Hall–Kier alpha value is -3.15. The van der Waals surface area contributed by atoms with Gasteiger partial charge in [-0.25, -0.2) is 0 Å². The van der Waals surface area contributed by atoms with E-state index in [4.69, 9.17) is 4.74 Å². The van der Waals surface area contributed by atoms with Crippen LogP contribution in [-0.2, 0) is 4.79 Å². The quantitative estimate of drug-likeness (QED) is 0.671. The Balaban J connectivity index is 1.85. The summed E-state index contributed by atoms with van der Waals surface area (Å²) in [6, 6.07) is 13.1. The Labute approximate surface area is 177 Å². The van der Waals surface area contributed by atoms with Gasteiger partial charge in [0.15, 0.2) is 0 Å². The number of amides is 3. The molecule has 3 rings (SSSR count). The zero-order valence-electron chi connectivity index (χ0n) is 17.8. The largest absolute Gasteiger partial charge is 0.497 e. The Morgan fingerprint density at radius 2 is 1.57 bits per heavy atom. The minimum Gasteiger partial charge on any atom is -0.497 e. The molecule has 1 aliphatic heterocycles. The first-order valence-corrected chi connectivity index (χ1v) is 10.3. The second-order valence-corrected chi connectivity index (χ2v) is 7.91. The predicted octanol–water partition coefficient (Wildman–Crippen LogP) is 3.97. The summed E-state index contributed by atoms with van der Waals surface area (Å²) in [7, 11) is 1.60. The van der Waals surface area contributed by atoms with Crippen molar-refractivity contribution >= 4 is 17.7 Å². The number of nitrogens with one attached hydrogen (secondary N) is 1. The monoisotopic (exact) mass is 408 g/mol. The van der Waals surface area contributed by atoms with Gasteiger partial charge in [-0.1, -0.05) is 45.0 Å². The number of imide groups is 1. The van der Waals surface area contributed by atoms with E-state index in [9.17, 15) is 14.4 Å². The zero-order chi connectivity index (χ0) is 21.8. The first kappa shape index (κ1) is 21.6. The van der Waals surface area contributed by atoms with Gasteiger partial charge in [-0.3, -0.25) is 19.3 Å². The molecule has 3 amide bonds. The number of hydrogen-bond donors (Lipinski definition) is 1. The SMILES string of the molecule is CCC(NC(=O)C(CC(C)C)N1C(=O)c2ccccc2C1=O)c1ccc(OC)cc1. The van der Waals surface area contributed by atoms with E-state index in [2.05, 4.69) is 5.32 Å². The molecule has 0 bridgehead atoms. The first-order valence-electron chi connectivity index (χ1n) is 10.3. The van der Waals surface area contributed by atoms with Crippen LogP contribution in [-0.4, -0.2) is 35.8 Å². The Bertz CT molecular complexity index is 901. The molecular weight excluding hydrogens is 380 g/mol. The average Bonchev–Trinajstić information content (AvgIpc) is 3.00. The number of rotatable bonds is 8. The van der Waals surface area contributed by atoms with Gasteiger partial charge in [0.1, 0.15) is 11.8 Å². The van der Waals surface area contributed by atoms with Crippen LogP contribution in [0.2, 0.25) is 0 Å². The molecule has 0 aromatic heterocycles. The third kappa shape index (κ3) is 4.22. The second kappa shape index (κ2) is 9.11. The molecule has 2 unspecified atom stereocenters. The van der Waals surface area contributed by atoms with E-state index in [1.54, 1.807) is 31.4 Å². The number of carbonyl (C=O) groups excluding carboxylic acids is 3. The second-order valence-electron chi connectivity index (χ2n) is 7.91. The summed E-state index contributed by atoms with van der Waals surface area (Å²) in [5.74, 6) is -0.265. The molecule has 2 aromatic carbocycles. The maximum atomic E-state index is 13.3. The molecule has 2 aromatic rings. The molecule has 1 heterocycles. The van der Waals surface area contributed by atoms with Crippen LogP contribution in [0.5, 0.6) is 5.75 Å². The maximum absolute atomic E-state index is 13.3. The maximum Gasteiger partial charge on any atom is 0.262 e. The average molecular weight is 408 g/mol. The smallest absolute Gasteiger partial charge is 0.262 e. The third-order valence-electron chi connectivity index (χ3n) is 5.38. The van der Waals surface area contributed by atoms with Gasteiger partial charge in [0.05, 0.1) is 24.3 Å². The van der Waals surface area contributed by atoms with Gasteiger partial charge in [0.2, 0.25) is 5.91 Å². The van der Waals surface area contributed by atoms with Crippen LogP contribution in [0.4, 0.5) is 0 Å². The molecule has 0 radical (unpaired) electrons. The van der Waals surface area contributed by atoms with Gasteiger partial charge in [0.25, 0.3) is 11.8 Å². The summed E-state index contributed by atoms with van der Waals surface area (Å²) < 4.78 is 5.20. The van der Waals surface area contributed by atoms with E-state index in [0.29, 0.717) is 24.0 Å². The lowest BCUT2D eigenvalue weighted by atomic mass is 9.99. The van der Waals surface area contributed by atoms with Crippen molar-refractivity contribution in [2.24, 2.45) is 5.92 Å². The predicted molar refractivity (Wildman–Crippen MR) is 114 cm³/mol. The van der Waals surface area contributed by atoms with Crippen LogP contribution in [0.15, 0.2) is 48.5 Å². The Morgan fingerprint density at radius 1 is 1.00 bits per heavy atom. The summed E-state index contributed by atoms with van der Waals surface area (Å²) >= 11 is 0. The molecule has 158 valence electrons. The lowest BCUT2D eigenvalue weighted by Crippen LogP contribution is -2.50. The zero-order valence-corrected chi connectivity index (χ0v) is 17.8. The number of ether oxygens (including phenoxy) is 1. The summed E-state index contributed by atoms with van der Waals surface area (Å²) in [6.45, 7) is 5.92. The summed E-state index contributed by atoms with van der Waals surface area (Å²) in [6.07, 6.45) is 1.07. The Kier molecular flexibility index (Phi) is 6.55. The van der Waals surface area contributed by atoms with Gasteiger partial charge in [-0.05, 0) is 48.6 Å². The molecular formula is C24H28N2O4. The van der Waals surface area contributed by atoms with Gasteiger partial charge < -0.3 is 10.1 Å². The standard InChI is InChI=1S/C24H28N2O4/c1-5-20(16-10-12-17(30-4)13-11-16)25-22(27)21(14-15(2)3)26-23(28)18-8-6-7-9-19(18)24(26)29/h6-13,15,20-21H,5,14H2,1-4H3,(H,25,27). The topological polar surface area (TPSA) is 75.7 Å². The van der Waals surface area contributed by atoms with E-state index >= 15 is 0 Å². The molecule has 6 nitrogen and oxygen atoms in total. The van der Waals surface area contributed by atoms with E-state index in [-0.39, 0.29) is 17.9 Å². The number of nitrogens with zero attached hydrogens (tertiary/aromatic N) is 1. The minimum absolute atomic E-state index is 0.131. The highest BCUT2D eigenvalue weighted by molar-refractivity contribution is 6.22. The summed E-state index contributed by atoms with van der Waals surface area (Å²) in [4.78, 5) is 40.3. The first-order chi connectivity index (χ1) is 14.4. The molecule has 0 aliphatic carbocycles. The van der Waals surface area contributed by atoms with E-state index in [1.165, 1.54) is 0 Å². The summed E-state index contributed by atoms with van der Waals surface area (Å²) in [5, 5.41) is 3.04. The molecule has 0 fully saturated rings. The van der Waals surface area contributed by atoms with Gasteiger partial charge in [-0.15, -0.1) is 0 Å². The van der Waals surface area contributed by atoms with Crippen molar-refractivity contribution in [2.45, 2.75) is 45.7 Å². The minimum atomic E-state index is -0.857. The van der Waals surface area contributed by atoms with Crippen molar-refractivity contribution in [3.63, 3.8) is 0 Å². The fourth-order valence-electron chi connectivity index (χ4n) is 3.79. The van der Waals surface area contributed by atoms with Crippen molar-refractivity contribution in [2.75, 3.05) is 7.11 Å². The van der Waals surface area contributed by atoms with Crippen molar-refractivity contribution in [1.29, 1.82) is 0 Å². The van der Waals surface area contributed by atoms with Crippen LogP contribution in [0, 0.1) is 5.92 Å². The fourth-order valence-corrected chi connectivity index (χ4v) is 3.79. The number of benzene rings is 2. The van der Waals surface area contributed by atoms with E-state index < -0.39 is 17.9 Å². The summed E-state index contributed by atoms with van der Waals surface area (Å²) in [5.41, 5.74) is 1.65. The van der Waals surface area contributed by atoms with Crippen LogP contribution in [0.1, 0.15) is 65.9 Å². The molecule has 1 aliphatic rings. The fraction of sp³-hybridized carbons (Fsp3) is 0.375. The normalized spacial score (nSPS) is 15.2. The molecule has 30 heavy (non-hydrogen) atoms. The third-order valence-corrected chi connectivity index (χ3v) is 5.38. The Morgan fingerprint density at radius 3 is 2.03 bits per heavy atom. The number of carbonyl (C=O) groups is 3. The molecule has 0 saturated heterocycles. The van der Waals surface area contributed by atoms with Crippen molar-refractivity contribution in [1.82, 2.24) is 10.2 Å². The highest BCUT2D eigenvalue weighted by atomic mass is 16.5. The van der Waals surface area contributed by atoms with Gasteiger partial charge in [-0.2, -0.15) is 0 Å². The molecule has 0 saturated carbocycles. The van der Waals surface area contributed by atoms with Crippen LogP contribution in [0.25, 0.3) is 0 Å². The van der Waals surface area contributed by atoms with E-state index in [1.807, 2.05) is 45.0 Å². The number of fused-ring (bicyclic) bond motifs is 1. The number of methoxy groups -OCH3 is 1. The van der Waals surface area contributed by atoms with Gasteiger partial charge >= 0.3 is 0 Å². The molecule has 2 atom stereocenters. The highest BCUT2D eigenvalue weighted by Crippen LogP contribution is 2.28.